The monoisotopic (exact) mass is 488 g/mol. The molecule has 0 radical (unpaired) electrons. The van der Waals surface area contributed by atoms with Gasteiger partial charge in [-0.05, 0) is 29.8 Å². The molecule has 4 rings (SSSR count). The van der Waals surface area contributed by atoms with Crippen LogP contribution in [0.15, 0.2) is 120 Å². The Morgan fingerprint density at radius 3 is 1.71 bits per heavy atom. The molecule has 0 spiro atoms. The van der Waals surface area contributed by atoms with Crippen LogP contribution in [0.2, 0.25) is 0 Å². The highest BCUT2D eigenvalue weighted by atomic mass is 32.2. The molecule has 0 saturated carbocycles. The van der Waals surface area contributed by atoms with Crippen molar-refractivity contribution < 1.29 is 14.0 Å². The smallest absolute Gasteiger partial charge is 0.118 e. The van der Waals surface area contributed by atoms with Crippen molar-refractivity contribution in [2.75, 3.05) is 20.8 Å². The summed E-state index contributed by atoms with van der Waals surface area (Å²) < 4.78 is 18.0. The predicted molar refractivity (Wildman–Crippen MR) is 144 cm³/mol. The fraction of sp³-hybridized carbons (Fsp3) is 0.172. The molecule has 0 fully saturated rings. The third kappa shape index (κ3) is 6.49. The molecule has 5 heteroatoms. The van der Waals surface area contributed by atoms with Crippen molar-refractivity contribution in [1.82, 2.24) is 0 Å². The van der Waals surface area contributed by atoms with Crippen LogP contribution in [0, 0.1) is 0 Å². The summed E-state index contributed by atoms with van der Waals surface area (Å²) in [6, 6.07) is 39.7. The van der Waals surface area contributed by atoms with Gasteiger partial charge in [0.2, 0.25) is 0 Å². The van der Waals surface area contributed by atoms with E-state index in [0.29, 0.717) is 6.61 Å². The maximum atomic E-state index is 6.99. The number of ether oxygens (including phenoxy) is 2. The van der Waals surface area contributed by atoms with Crippen molar-refractivity contribution in [3.63, 3.8) is 0 Å². The third-order valence-electron chi connectivity index (χ3n) is 5.34. The van der Waals surface area contributed by atoms with Gasteiger partial charge in [-0.3, -0.25) is 0 Å². The van der Waals surface area contributed by atoms with Crippen LogP contribution in [0.3, 0.4) is 0 Å². The van der Waals surface area contributed by atoms with Gasteiger partial charge in [0.15, 0.2) is 0 Å². The van der Waals surface area contributed by atoms with E-state index in [9.17, 15) is 0 Å². The molecule has 0 unspecified atom stereocenters. The van der Waals surface area contributed by atoms with Crippen molar-refractivity contribution in [2.45, 2.75) is 16.2 Å². The van der Waals surface area contributed by atoms with E-state index < -0.39 is 8.15 Å². The maximum absolute atomic E-state index is 6.99. The predicted octanol–water partition coefficient (Wildman–Crippen LogP) is 6.61. The largest absolute Gasteiger partial charge is 0.497 e. The summed E-state index contributed by atoms with van der Waals surface area (Å²) in [5.41, 5.74) is 1.21. The molecule has 0 N–H and O–H groups in total. The van der Waals surface area contributed by atoms with Crippen LogP contribution >= 0.6 is 19.9 Å². The minimum absolute atomic E-state index is 0.0481. The first-order valence-electron chi connectivity index (χ1n) is 11.2. The number of rotatable bonds is 11. The van der Waals surface area contributed by atoms with Crippen LogP contribution in [-0.2, 0) is 9.26 Å². The molecule has 0 aliphatic rings. The molecule has 0 aliphatic heterocycles. The lowest BCUT2D eigenvalue weighted by Crippen LogP contribution is -2.28. The number of methoxy groups -OCH3 is 2. The van der Waals surface area contributed by atoms with Gasteiger partial charge in [-0.25, -0.2) is 0 Å². The second kappa shape index (κ2) is 12.7. The Bertz CT molecular complexity index is 1070. The minimum atomic E-state index is -1.02. The molecule has 3 nitrogen and oxygen atoms in total. The van der Waals surface area contributed by atoms with Crippen LogP contribution in [0.5, 0.6) is 5.75 Å². The highest BCUT2D eigenvalue weighted by Gasteiger charge is 2.30. The standard InChI is InChI=1S/C29H29O3PS/c1-30-22-28(32-33(25-14-8-4-9-15-25)26-16-10-5-11-17-26)29(23-12-6-3-7-13-23)34-27-20-18-24(31-2)19-21-27/h3-21,28-29H,22H2,1-2H3/t28-,29+/m0/s1. The Labute approximate surface area is 207 Å². The van der Waals surface area contributed by atoms with Gasteiger partial charge in [0.05, 0.1) is 27.1 Å². The Morgan fingerprint density at radius 1 is 0.676 bits per heavy atom. The van der Waals surface area contributed by atoms with Gasteiger partial charge < -0.3 is 14.0 Å². The molecule has 4 aromatic rings. The first-order valence-corrected chi connectivity index (χ1v) is 13.3. The van der Waals surface area contributed by atoms with E-state index in [4.69, 9.17) is 14.0 Å². The van der Waals surface area contributed by atoms with Gasteiger partial charge in [-0.2, -0.15) is 0 Å². The summed E-state index contributed by atoms with van der Waals surface area (Å²) in [6.45, 7) is 0.487. The summed E-state index contributed by atoms with van der Waals surface area (Å²) in [5, 5.41) is 2.42. The average Bonchev–Trinajstić information content (AvgIpc) is 2.91. The lowest BCUT2D eigenvalue weighted by molar-refractivity contribution is 0.0897. The summed E-state index contributed by atoms with van der Waals surface area (Å²) in [5.74, 6) is 0.849. The molecule has 0 aliphatic carbocycles. The topological polar surface area (TPSA) is 27.7 Å². The van der Waals surface area contributed by atoms with Gasteiger partial charge in [0, 0.05) is 22.6 Å². The molecular formula is C29H29O3PS. The van der Waals surface area contributed by atoms with Crippen molar-refractivity contribution in [3.05, 3.63) is 121 Å². The van der Waals surface area contributed by atoms with Gasteiger partial charge in [0.1, 0.15) is 11.9 Å². The van der Waals surface area contributed by atoms with E-state index in [1.54, 1.807) is 26.0 Å². The van der Waals surface area contributed by atoms with Crippen LogP contribution in [0.25, 0.3) is 0 Å². The number of hydrogen-bond donors (Lipinski definition) is 0. The van der Waals surface area contributed by atoms with E-state index in [-0.39, 0.29) is 11.4 Å². The summed E-state index contributed by atoms with van der Waals surface area (Å²) in [7, 11) is 2.41. The SMILES string of the molecule is COC[C@H](OP(c1ccccc1)c1ccccc1)[C@H](Sc1ccc(OC)cc1)c1ccccc1. The molecular weight excluding hydrogens is 459 g/mol. The first-order chi connectivity index (χ1) is 16.8. The van der Waals surface area contributed by atoms with E-state index in [2.05, 4.69) is 84.9 Å². The van der Waals surface area contributed by atoms with Crippen molar-refractivity contribution in [3.8, 4) is 5.75 Å². The van der Waals surface area contributed by atoms with Crippen LogP contribution in [0.4, 0.5) is 0 Å². The maximum Gasteiger partial charge on any atom is 0.118 e. The zero-order valence-electron chi connectivity index (χ0n) is 19.4. The van der Waals surface area contributed by atoms with E-state index in [0.717, 1.165) is 10.6 Å². The zero-order valence-corrected chi connectivity index (χ0v) is 21.1. The Hall–Kier alpha value is -2.62. The molecule has 0 bridgehead atoms. The molecule has 0 saturated heterocycles. The molecule has 0 aromatic heterocycles. The quantitative estimate of drug-likeness (QED) is 0.175. The second-order valence-electron chi connectivity index (χ2n) is 7.69. The van der Waals surface area contributed by atoms with E-state index >= 15 is 0 Å². The van der Waals surface area contributed by atoms with E-state index in [1.807, 2.05) is 30.3 Å². The number of thioether (sulfide) groups is 1. The molecule has 174 valence electrons. The molecule has 2 atom stereocenters. The highest BCUT2D eigenvalue weighted by molar-refractivity contribution is 7.99. The van der Waals surface area contributed by atoms with E-state index in [1.165, 1.54) is 16.2 Å². The minimum Gasteiger partial charge on any atom is -0.497 e. The second-order valence-corrected chi connectivity index (χ2v) is 10.7. The molecule has 4 aromatic carbocycles. The highest BCUT2D eigenvalue weighted by Crippen LogP contribution is 2.45. The number of benzene rings is 4. The zero-order chi connectivity index (χ0) is 23.6. The van der Waals surface area contributed by atoms with Crippen molar-refractivity contribution >= 4 is 30.5 Å². The lowest BCUT2D eigenvalue weighted by Gasteiger charge is -2.31. The molecule has 34 heavy (non-hydrogen) atoms. The normalized spacial score (nSPS) is 12.9. The van der Waals surface area contributed by atoms with Gasteiger partial charge >= 0.3 is 0 Å². The third-order valence-corrected chi connectivity index (χ3v) is 8.73. The fourth-order valence-corrected chi connectivity index (χ4v) is 6.80. The molecule has 0 heterocycles. The summed E-state index contributed by atoms with van der Waals surface area (Å²) in [4.78, 5) is 1.16. The molecule has 0 amide bonds. The van der Waals surface area contributed by atoms with Gasteiger partial charge in [-0.1, -0.05) is 91.0 Å². The van der Waals surface area contributed by atoms with Crippen LogP contribution in [-0.4, -0.2) is 26.9 Å². The van der Waals surface area contributed by atoms with Crippen molar-refractivity contribution in [2.24, 2.45) is 0 Å². The van der Waals surface area contributed by atoms with Crippen LogP contribution < -0.4 is 15.3 Å². The van der Waals surface area contributed by atoms with Crippen LogP contribution in [0.1, 0.15) is 10.8 Å². The first kappa shape index (κ1) is 24.5. The Balaban J connectivity index is 1.69. The van der Waals surface area contributed by atoms with Crippen molar-refractivity contribution in [1.29, 1.82) is 0 Å². The fourth-order valence-electron chi connectivity index (χ4n) is 3.67. The lowest BCUT2D eigenvalue weighted by atomic mass is 10.1. The summed E-state index contributed by atoms with van der Waals surface area (Å²) >= 11 is 1.79. The number of hydrogen-bond acceptors (Lipinski definition) is 4. The average molecular weight is 489 g/mol. The summed E-state index contributed by atoms with van der Waals surface area (Å²) in [6.07, 6.45) is -0.161. The van der Waals surface area contributed by atoms with Gasteiger partial charge in [0.25, 0.3) is 0 Å². The Morgan fingerprint density at radius 2 is 1.21 bits per heavy atom. The Kier molecular flexibility index (Phi) is 9.18. The van der Waals surface area contributed by atoms with Gasteiger partial charge in [-0.15, -0.1) is 11.8 Å².